The molecule has 8 heteroatoms. The van der Waals surface area contributed by atoms with Crippen molar-refractivity contribution in [1.29, 1.82) is 0 Å². The highest BCUT2D eigenvalue weighted by molar-refractivity contribution is 5.96. The number of hydrogen-bond acceptors (Lipinski definition) is 4. The van der Waals surface area contributed by atoms with Crippen LogP contribution < -0.4 is 10.1 Å². The van der Waals surface area contributed by atoms with E-state index in [1.165, 1.54) is 24.3 Å². The van der Waals surface area contributed by atoms with Gasteiger partial charge in [0.2, 0.25) is 0 Å². The van der Waals surface area contributed by atoms with Gasteiger partial charge in [-0.25, -0.2) is 18.0 Å². The fourth-order valence-corrected chi connectivity index (χ4v) is 2.48. The quantitative estimate of drug-likeness (QED) is 0.578. The van der Waals surface area contributed by atoms with Crippen molar-refractivity contribution in [3.63, 3.8) is 0 Å². The monoisotopic (exact) mass is 415 g/mol. The van der Waals surface area contributed by atoms with Gasteiger partial charge in [-0.2, -0.15) is 0 Å². The molecule has 0 aliphatic carbocycles. The first-order valence-electron chi connectivity index (χ1n) is 8.80. The number of carbonyl (C=O) groups is 2. The van der Waals surface area contributed by atoms with E-state index in [4.69, 9.17) is 9.47 Å². The van der Waals surface area contributed by atoms with Gasteiger partial charge in [-0.15, -0.1) is 0 Å². The Kier molecular flexibility index (Phi) is 6.69. The average Bonchev–Trinajstić information content (AvgIpc) is 2.74. The summed E-state index contributed by atoms with van der Waals surface area (Å²) >= 11 is 0. The fourth-order valence-electron chi connectivity index (χ4n) is 2.48. The molecule has 0 bridgehead atoms. The van der Waals surface area contributed by atoms with Crippen molar-refractivity contribution >= 4 is 17.6 Å². The summed E-state index contributed by atoms with van der Waals surface area (Å²) in [5, 5.41) is 2.30. The van der Waals surface area contributed by atoms with Gasteiger partial charge in [0.1, 0.15) is 23.7 Å². The van der Waals surface area contributed by atoms with Crippen LogP contribution in [-0.2, 0) is 16.1 Å². The van der Waals surface area contributed by atoms with Gasteiger partial charge in [-0.3, -0.25) is 4.79 Å². The van der Waals surface area contributed by atoms with E-state index in [1.807, 2.05) is 0 Å². The highest BCUT2D eigenvalue weighted by atomic mass is 19.2. The van der Waals surface area contributed by atoms with E-state index >= 15 is 0 Å². The van der Waals surface area contributed by atoms with Gasteiger partial charge >= 0.3 is 5.97 Å². The van der Waals surface area contributed by atoms with Gasteiger partial charge in [0, 0.05) is 11.8 Å². The second kappa shape index (κ2) is 9.60. The van der Waals surface area contributed by atoms with Gasteiger partial charge in [0.25, 0.3) is 5.91 Å². The maximum Gasteiger partial charge on any atom is 0.342 e. The summed E-state index contributed by atoms with van der Waals surface area (Å²) in [6.45, 7) is -0.536. The number of benzene rings is 3. The first kappa shape index (κ1) is 20.9. The first-order chi connectivity index (χ1) is 14.4. The average molecular weight is 415 g/mol. The Morgan fingerprint density at radius 1 is 0.867 bits per heavy atom. The zero-order valence-corrected chi connectivity index (χ0v) is 15.5. The number of hydrogen-bond donors (Lipinski definition) is 1. The van der Waals surface area contributed by atoms with E-state index in [2.05, 4.69) is 5.32 Å². The zero-order chi connectivity index (χ0) is 21.5. The first-order valence-corrected chi connectivity index (χ1v) is 8.80. The lowest BCUT2D eigenvalue weighted by atomic mass is 10.2. The molecule has 1 amide bonds. The predicted molar refractivity (Wildman–Crippen MR) is 102 cm³/mol. The molecule has 3 aromatic carbocycles. The van der Waals surface area contributed by atoms with Gasteiger partial charge < -0.3 is 14.8 Å². The third-order valence-corrected chi connectivity index (χ3v) is 3.95. The fraction of sp³-hybridized carbons (Fsp3) is 0.0909. The zero-order valence-electron chi connectivity index (χ0n) is 15.5. The summed E-state index contributed by atoms with van der Waals surface area (Å²) in [7, 11) is 0. The lowest BCUT2D eigenvalue weighted by Gasteiger charge is -2.11. The number of rotatable bonds is 7. The summed E-state index contributed by atoms with van der Waals surface area (Å²) in [6.07, 6.45) is 0. The van der Waals surface area contributed by atoms with Crippen LogP contribution in [0.1, 0.15) is 15.9 Å². The number of carbonyl (C=O) groups excluding carboxylic acids is 2. The second-order valence-corrected chi connectivity index (χ2v) is 6.16. The van der Waals surface area contributed by atoms with E-state index in [9.17, 15) is 22.8 Å². The van der Waals surface area contributed by atoms with Gasteiger partial charge in [-0.1, -0.05) is 24.3 Å². The van der Waals surface area contributed by atoms with Crippen LogP contribution in [0.3, 0.4) is 0 Å². The van der Waals surface area contributed by atoms with Crippen LogP contribution >= 0.6 is 0 Å². The smallest absolute Gasteiger partial charge is 0.342 e. The highest BCUT2D eigenvalue weighted by Gasteiger charge is 2.16. The van der Waals surface area contributed by atoms with E-state index in [-0.39, 0.29) is 29.4 Å². The molecule has 0 unspecified atom stereocenters. The summed E-state index contributed by atoms with van der Waals surface area (Å²) in [5.74, 6) is -3.82. The lowest BCUT2D eigenvalue weighted by Crippen LogP contribution is -2.21. The van der Waals surface area contributed by atoms with Crippen molar-refractivity contribution in [2.24, 2.45) is 0 Å². The van der Waals surface area contributed by atoms with Crippen LogP contribution in [0, 0.1) is 17.5 Å². The van der Waals surface area contributed by atoms with Crippen molar-refractivity contribution in [3.05, 3.63) is 95.3 Å². The second-order valence-electron chi connectivity index (χ2n) is 6.16. The van der Waals surface area contributed by atoms with E-state index in [0.29, 0.717) is 5.56 Å². The Bertz CT molecular complexity index is 1050. The molecule has 0 aromatic heterocycles. The Labute approximate surface area is 170 Å². The molecular formula is C22H16F3NO4. The molecule has 0 atom stereocenters. The molecule has 0 aliphatic rings. The van der Waals surface area contributed by atoms with Crippen LogP contribution in [-0.4, -0.2) is 18.5 Å². The summed E-state index contributed by atoms with van der Waals surface area (Å²) in [6, 6.07) is 14.8. The molecule has 0 saturated carbocycles. The lowest BCUT2D eigenvalue weighted by molar-refractivity contribution is -0.119. The van der Waals surface area contributed by atoms with Crippen LogP contribution in [0.4, 0.5) is 18.9 Å². The topological polar surface area (TPSA) is 64.6 Å². The molecular weight excluding hydrogens is 399 g/mol. The molecule has 0 saturated heterocycles. The minimum absolute atomic E-state index is 0.0259. The van der Waals surface area contributed by atoms with Crippen molar-refractivity contribution in [3.8, 4) is 5.75 Å². The van der Waals surface area contributed by atoms with Gasteiger partial charge in [-0.05, 0) is 42.0 Å². The molecule has 3 rings (SSSR count). The molecule has 5 nitrogen and oxygen atoms in total. The Morgan fingerprint density at radius 3 is 2.33 bits per heavy atom. The Balaban J connectivity index is 1.57. The van der Waals surface area contributed by atoms with E-state index < -0.39 is 30.1 Å². The number of ether oxygens (including phenoxy) is 2. The number of para-hydroxylation sites is 1. The van der Waals surface area contributed by atoms with Crippen LogP contribution in [0.5, 0.6) is 5.75 Å². The molecule has 1 N–H and O–H groups in total. The molecule has 0 heterocycles. The van der Waals surface area contributed by atoms with E-state index in [1.54, 1.807) is 30.3 Å². The molecule has 0 aliphatic heterocycles. The van der Waals surface area contributed by atoms with Crippen molar-refractivity contribution in [1.82, 2.24) is 0 Å². The number of amides is 1. The number of nitrogens with one attached hydrogen (secondary N) is 1. The molecule has 0 radical (unpaired) electrons. The third kappa shape index (κ3) is 5.60. The molecule has 0 spiro atoms. The van der Waals surface area contributed by atoms with Crippen LogP contribution in [0.2, 0.25) is 0 Å². The number of halogens is 3. The standard InChI is InChI=1S/C22H16F3NO4/c23-15-7-5-14(6-8-15)12-29-20-4-2-1-3-17(20)22(28)30-13-21(27)26-16-9-10-18(24)19(25)11-16/h1-11H,12-13H2,(H,26,27). The van der Waals surface area contributed by atoms with Crippen LogP contribution in [0.25, 0.3) is 0 Å². The SMILES string of the molecule is O=C(COC(=O)c1ccccc1OCc1ccc(F)cc1)Nc1ccc(F)c(F)c1. The number of anilines is 1. The Morgan fingerprint density at radius 2 is 1.60 bits per heavy atom. The highest BCUT2D eigenvalue weighted by Crippen LogP contribution is 2.21. The minimum Gasteiger partial charge on any atom is -0.488 e. The molecule has 3 aromatic rings. The van der Waals surface area contributed by atoms with Crippen molar-refractivity contribution < 1.29 is 32.2 Å². The van der Waals surface area contributed by atoms with Crippen molar-refractivity contribution in [2.45, 2.75) is 6.61 Å². The molecule has 154 valence electrons. The van der Waals surface area contributed by atoms with Gasteiger partial charge in [0.05, 0.1) is 0 Å². The van der Waals surface area contributed by atoms with E-state index in [0.717, 1.165) is 12.1 Å². The third-order valence-electron chi connectivity index (χ3n) is 3.95. The summed E-state index contributed by atoms with van der Waals surface area (Å²) in [4.78, 5) is 24.2. The molecule has 30 heavy (non-hydrogen) atoms. The number of esters is 1. The largest absolute Gasteiger partial charge is 0.488 e. The van der Waals surface area contributed by atoms with Crippen molar-refractivity contribution in [2.75, 3.05) is 11.9 Å². The summed E-state index contributed by atoms with van der Waals surface area (Å²) < 4.78 is 49.7. The normalized spacial score (nSPS) is 10.4. The van der Waals surface area contributed by atoms with Crippen LogP contribution in [0.15, 0.2) is 66.7 Å². The molecule has 0 fully saturated rings. The maximum absolute atomic E-state index is 13.2. The minimum atomic E-state index is -1.11. The summed E-state index contributed by atoms with van der Waals surface area (Å²) in [5.41, 5.74) is 0.823. The maximum atomic E-state index is 13.2. The Hall–Kier alpha value is -3.81. The van der Waals surface area contributed by atoms with Gasteiger partial charge in [0.15, 0.2) is 18.2 Å². The predicted octanol–water partition coefficient (Wildman–Crippen LogP) is 4.48.